The molecule has 1 aromatic rings. The molecule has 4 nitrogen and oxygen atoms in total. The lowest BCUT2D eigenvalue weighted by molar-refractivity contribution is -0.134. The lowest BCUT2D eigenvalue weighted by atomic mass is 9.78. The Morgan fingerprint density at radius 1 is 1.26 bits per heavy atom. The van der Waals surface area contributed by atoms with E-state index in [-0.39, 0.29) is 17.7 Å². The number of allylic oxidation sites excluding steroid dienone is 1. The normalized spacial score (nSPS) is 29.7. The zero-order valence-electron chi connectivity index (χ0n) is 13.3. The Kier molecular flexibility index (Phi) is 3.29. The number of aryl methyl sites for hydroxylation is 1. The maximum Gasteiger partial charge on any atom is 0.232 e. The van der Waals surface area contributed by atoms with Crippen LogP contribution in [0.25, 0.3) is 0 Å². The van der Waals surface area contributed by atoms with E-state index in [1.54, 1.807) is 0 Å². The Balaban J connectivity index is 1.51. The van der Waals surface area contributed by atoms with Crippen molar-refractivity contribution in [1.29, 1.82) is 0 Å². The summed E-state index contributed by atoms with van der Waals surface area (Å²) in [4.78, 5) is 27.3. The van der Waals surface area contributed by atoms with Gasteiger partial charge in [-0.15, -0.1) is 0 Å². The highest BCUT2D eigenvalue weighted by Crippen LogP contribution is 2.41. The molecule has 4 heteroatoms. The Hall–Kier alpha value is -2.10. The van der Waals surface area contributed by atoms with Crippen LogP contribution in [0.5, 0.6) is 0 Å². The molecule has 1 N–H and O–H groups in total. The van der Waals surface area contributed by atoms with Crippen LogP contribution < -0.4 is 5.32 Å². The summed E-state index contributed by atoms with van der Waals surface area (Å²) in [5.74, 6) is 0.225. The molecule has 2 heterocycles. The molecule has 2 amide bonds. The van der Waals surface area contributed by atoms with E-state index in [4.69, 9.17) is 0 Å². The van der Waals surface area contributed by atoms with Crippen molar-refractivity contribution in [2.24, 2.45) is 5.41 Å². The molecule has 2 unspecified atom stereocenters. The second kappa shape index (κ2) is 5.22. The molecule has 2 aliphatic heterocycles. The summed E-state index contributed by atoms with van der Waals surface area (Å²) in [6.45, 7) is 5.10. The third kappa shape index (κ3) is 2.28. The molecule has 2 atom stereocenters. The summed E-state index contributed by atoms with van der Waals surface area (Å²) in [6, 6.07) is 8.24. The molecule has 4 rings (SSSR count). The molecule has 1 aromatic carbocycles. The van der Waals surface area contributed by atoms with E-state index >= 15 is 0 Å². The van der Waals surface area contributed by atoms with Gasteiger partial charge in [0.1, 0.15) is 0 Å². The lowest BCUT2D eigenvalue weighted by Crippen LogP contribution is -2.47. The van der Waals surface area contributed by atoms with Gasteiger partial charge >= 0.3 is 0 Å². The number of carbonyl (C=O) groups is 2. The first-order valence-corrected chi connectivity index (χ1v) is 8.45. The van der Waals surface area contributed by atoms with E-state index in [0.29, 0.717) is 13.1 Å². The van der Waals surface area contributed by atoms with E-state index in [1.807, 2.05) is 17.0 Å². The first-order valence-electron chi connectivity index (χ1n) is 8.45. The molecule has 2 fully saturated rings. The summed E-state index contributed by atoms with van der Waals surface area (Å²) >= 11 is 0. The topological polar surface area (TPSA) is 49.4 Å². The van der Waals surface area contributed by atoms with E-state index in [2.05, 4.69) is 24.0 Å². The van der Waals surface area contributed by atoms with Crippen LogP contribution in [-0.2, 0) is 16.0 Å². The number of hydrogen-bond acceptors (Lipinski definition) is 2. The largest absolute Gasteiger partial charge is 0.341 e. The molecule has 3 aliphatic rings. The van der Waals surface area contributed by atoms with Crippen molar-refractivity contribution in [2.75, 3.05) is 13.1 Å². The van der Waals surface area contributed by atoms with Crippen LogP contribution in [0.15, 0.2) is 36.5 Å². The van der Waals surface area contributed by atoms with Crippen molar-refractivity contribution >= 4 is 11.8 Å². The van der Waals surface area contributed by atoms with E-state index in [0.717, 1.165) is 37.8 Å². The molecular weight excluding hydrogens is 288 g/mol. The number of benzene rings is 1. The van der Waals surface area contributed by atoms with Crippen molar-refractivity contribution in [3.63, 3.8) is 0 Å². The first-order chi connectivity index (χ1) is 11.1. The SMILES string of the molecule is C=C1CCC2(CCN(C(=O)C3CCc4ccccc43)C2)C(=O)N1. The monoisotopic (exact) mass is 310 g/mol. The van der Waals surface area contributed by atoms with Crippen LogP contribution in [0, 0.1) is 5.41 Å². The first kappa shape index (κ1) is 14.5. The second-order valence-electron chi connectivity index (χ2n) is 7.14. The third-order valence-corrected chi connectivity index (χ3v) is 5.77. The van der Waals surface area contributed by atoms with E-state index < -0.39 is 5.41 Å². The van der Waals surface area contributed by atoms with Crippen LogP contribution in [0.2, 0.25) is 0 Å². The number of fused-ring (bicyclic) bond motifs is 1. The van der Waals surface area contributed by atoms with Gasteiger partial charge in [0.15, 0.2) is 0 Å². The highest BCUT2D eigenvalue weighted by molar-refractivity contribution is 5.89. The van der Waals surface area contributed by atoms with Crippen LogP contribution in [0.4, 0.5) is 0 Å². The van der Waals surface area contributed by atoms with Gasteiger partial charge in [-0.05, 0) is 43.2 Å². The Labute approximate surface area is 136 Å². The summed E-state index contributed by atoms with van der Waals surface area (Å²) in [7, 11) is 0. The van der Waals surface area contributed by atoms with Crippen molar-refractivity contribution in [2.45, 2.75) is 38.0 Å². The molecule has 0 bridgehead atoms. The number of rotatable bonds is 1. The zero-order valence-corrected chi connectivity index (χ0v) is 13.3. The fourth-order valence-corrected chi connectivity index (χ4v) is 4.34. The van der Waals surface area contributed by atoms with Crippen molar-refractivity contribution in [1.82, 2.24) is 10.2 Å². The summed E-state index contributed by atoms with van der Waals surface area (Å²) < 4.78 is 0. The Morgan fingerprint density at radius 3 is 2.91 bits per heavy atom. The maximum atomic E-state index is 13.0. The molecule has 23 heavy (non-hydrogen) atoms. The maximum absolute atomic E-state index is 13.0. The molecule has 120 valence electrons. The van der Waals surface area contributed by atoms with Gasteiger partial charge in [0.05, 0.1) is 11.3 Å². The third-order valence-electron chi connectivity index (χ3n) is 5.77. The van der Waals surface area contributed by atoms with Crippen LogP contribution in [-0.4, -0.2) is 29.8 Å². The van der Waals surface area contributed by atoms with Gasteiger partial charge in [0.25, 0.3) is 0 Å². The molecule has 1 spiro atoms. The summed E-state index contributed by atoms with van der Waals surface area (Å²) in [5.41, 5.74) is 2.89. The minimum Gasteiger partial charge on any atom is -0.341 e. The van der Waals surface area contributed by atoms with Crippen molar-refractivity contribution < 1.29 is 9.59 Å². The number of carbonyl (C=O) groups excluding carboxylic acids is 2. The standard InChI is InChI=1S/C19H22N2O2/c1-13-8-9-19(18(23)20-13)10-11-21(12-19)17(22)16-7-6-14-4-2-3-5-15(14)16/h2-5,16H,1,6-12H2,(H,20,23). The van der Waals surface area contributed by atoms with Gasteiger partial charge in [-0.1, -0.05) is 30.8 Å². The fraction of sp³-hybridized carbons (Fsp3) is 0.474. The van der Waals surface area contributed by atoms with E-state index in [1.165, 1.54) is 11.1 Å². The van der Waals surface area contributed by atoms with Crippen molar-refractivity contribution in [3.8, 4) is 0 Å². The van der Waals surface area contributed by atoms with Gasteiger partial charge in [-0.25, -0.2) is 0 Å². The molecular formula is C19H22N2O2. The van der Waals surface area contributed by atoms with Crippen LogP contribution in [0.3, 0.4) is 0 Å². The number of hydrogen-bond donors (Lipinski definition) is 1. The summed E-state index contributed by atoms with van der Waals surface area (Å²) in [6.07, 6.45) is 4.27. The quantitative estimate of drug-likeness (QED) is 0.865. The second-order valence-corrected chi connectivity index (χ2v) is 7.14. The number of amides is 2. The van der Waals surface area contributed by atoms with Crippen LogP contribution in [0.1, 0.15) is 42.7 Å². The average molecular weight is 310 g/mol. The highest BCUT2D eigenvalue weighted by atomic mass is 16.2. The number of piperidine rings is 1. The zero-order chi connectivity index (χ0) is 16.0. The number of nitrogens with zero attached hydrogens (tertiary/aromatic N) is 1. The minimum atomic E-state index is -0.394. The minimum absolute atomic E-state index is 0.0250. The van der Waals surface area contributed by atoms with Gasteiger partial charge in [-0.3, -0.25) is 9.59 Å². The molecule has 0 saturated carbocycles. The Bertz CT molecular complexity index is 696. The van der Waals surface area contributed by atoms with Gasteiger partial charge in [-0.2, -0.15) is 0 Å². The molecule has 2 saturated heterocycles. The van der Waals surface area contributed by atoms with Gasteiger partial charge in [0.2, 0.25) is 11.8 Å². The molecule has 0 aromatic heterocycles. The van der Waals surface area contributed by atoms with Gasteiger partial charge in [0, 0.05) is 18.8 Å². The predicted octanol–water partition coefficient (Wildman–Crippen LogP) is 2.36. The Morgan fingerprint density at radius 2 is 2.09 bits per heavy atom. The smallest absolute Gasteiger partial charge is 0.232 e. The van der Waals surface area contributed by atoms with E-state index in [9.17, 15) is 9.59 Å². The average Bonchev–Trinajstić information content (AvgIpc) is 3.16. The van der Waals surface area contributed by atoms with Gasteiger partial charge < -0.3 is 10.2 Å². The molecule has 0 radical (unpaired) electrons. The highest BCUT2D eigenvalue weighted by Gasteiger charge is 2.48. The summed E-state index contributed by atoms with van der Waals surface area (Å²) in [5, 5.41) is 2.89. The lowest BCUT2D eigenvalue weighted by Gasteiger charge is -2.33. The number of likely N-dealkylation sites (tertiary alicyclic amines) is 1. The molecule has 1 aliphatic carbocycles. The predicted molar refractivity (Wildman–Crippen MR) is 87.7 cm³/mol. The number of nitrogens with one attached hydrogen (secondary N) is 1. The van der Waals surface area contributed by atoms with Crippen LogP contribution >= 0.6 is 0 Å². The van der Waals surface area contributed by atoms with Crippen molar-refractivity contribution in [3.05, 3.63) is 47.7 Å². The fourth-order valence-electron chi connectivity index (χ4n) is 4.34.